The quantitative estimate of drug-likeness (QED) is 0.391. The fraction of sp³-hybridized carbons (Fsp3) is 0.222. The average Bonchev–Trinajstić information content (AvgIpc) is 2.60. The lowest BCUT2D eigenvalue weighted by Crippen LogP contribution is -2.35. The molecule has 0 radical (unpaired) electrons. The van der Waals surface area contributed by atoms with E-state index in [2.05, 4.69) is 0 Å². The van der Waals surface area contributed by atoms with Gasteiger partial charge in [0.25, 0.3) is 0 Å². The molecule has 0 bridgehead atoms. The van der Waals surface area contributed by atoms with Gasteiger partial charge in [-0.25, -0.2) is 0 Å². The summed E-state index contributed by atoms with van der Waals surface area (Å²) < 4.78 is -2.33. The molecule has 0 aromatic heterocycles. The summed E-state index contributed by atoms with van der Waals surface area (Å²) in [7, 11) is 0. The molecule has 24 heavy (non-hydrogen) atoms. The number of aliphatic carboxylic acids is 2. The molecule has 0 aliphatic carbocycles. The van der Waals surface area contributed by atoms with E-state index in [1.807, 2.05) is 57.3 Å². The number of hydrogen-bond donors (Lipinski definition) is 2. The van der Waals surface area contributed by atoms with Gasteiger partial charge in [0.2, 0.25) is 0 Å². The maximum Gasteiger partial charge on any atom is 0.324 e. The van der Waals surface area contributed by atoms with Crippen LogP contribution in [0.4, 0.5) is 0 Å². The van der Waals surface area contributed by atoms with E-state index in [0.717, 1.165) is 0 Å². The molecule has 4 nitrogen and oxygen atoms in total. The molecule has 0 saturated heterocycles. The Morgan fingerprint density at radius 1 is 0.708 bits per heavy atom. The largest absolute Gasteiger partial charge is 0.480 e. The molecule has 0 spiro atoms. The first kappa shape index (κ1) is 19.2. The van der Waals surface area contributed by atoms with E-state index in [-0.39, 0.29) is 12.8 Å². The lowest BCUT2D eigenvalue weighted by atomic mass is 9.87. The van der Waals surface area contributed by atoms with Crippen LogP contribution >= 0.6 is 45.2 Å². The number of halogens is 2. The van der Waals surface area contributed by atoms with Gasteiger partial charge in [0.15, 0.2) is 0 Å². The Labute approximate surface area is 167 Å². The normalized spacial score (nSPS) is 15.9. The fourth-order valence-electron chi connectivity index (χ4n) is 2.50. The van der Waals surface area contributed by atoms with E-state index in [0.29, 0.717) is 11.1 Å². The second kappa shape index (κ2) is 7.81. The summed E-state index contributed by atoms with van der Waals surface area (Å²) in [4.78, 5) is 23.8. The number of benzene rings is 2. The second-order valence-corrected chi connectivity index (χ2v) is 9.13. The van der Waals surface area contributed by atoms with Gasteiger partial charge in [-0.1, -0.05) is 106 Å². The maximum absolute atomic E-state index is 11.9. The lowest BCUT2D eigenvalue weighted by Gasteiger charge is -2.29. The molecular formula is C18H16I2O4. The van der Waals surface area contributed by atoms with Crippen LogP contribution in [0.3, 0.4) is 0 Å². The molecule has 2 atom stereocenters. The van der Waals surface area contributed by atoms with Crippen LogP contribution in [-0.4, -0.2) is 22.2 Å². The molecule has 0 saturated carbocycles. The average molecular weight is 550 g/mol. The predicted octanol–water partition coefficient (Wildman–Crippen LogP) is 4.60. The topological polar surface area (TPSA) is 74.6 Å². The van der Waals surface area contributed by atoms with Crippen molar-refractivity contribution in [2.45, 2.75) is 19.7 Å². The van der Waals surface area contributed by atoms with Crippen molar-refractivity contribution in [2.75, 3.05) is 0 Å². The van der Waals surface area contributed by atoms with E-state index in [9.17, 15) is 19.8 Å². The number of rotatable bonds is 7. The van der Waals surface area contributed by atoms with Crippen LogP contribution < -0.4 is 0 Å². The molecular weight excluding hydrogens is 534 g/mol. The summed E-state index contributed by atoms with van der Waals surface area (Å²) in [5.41, 5.74) is 1.32. The van der Waals surface area contributed by atoms with Crippen molar-refractivity contribution in [3.05, 3.63) is 71.8 Å². The Kier molecular flexibility index (Phi) is 6.24. The van der Waals surface area contributed by atoms with Crippen molar-refractivity contribution in [3.63, 3.8) is 0 Å². The number of carbonyl (C=O) groups is 2. The van der Waals surface area contributed by atoms with Gasteiger partial charge in [-0.05, 0) is 24.0 Å². The lowest BCUT2D eigenvalue weighted by molar-refractivity contribution is -0.142. The van der Waals surface area contributed by atoms with Crippen LogP contribution in [0, 0.1) is 0 Å². The molecule has 2 unspecified atom stereocenters. The van der Waals surface area contributed by atoms with Crippen molar-refractivity contribution >= 4 is 57.1 Å². The van der Waals surface area contributed by atoms with Gasteiger partial charge in [-0.3, -0.25) is 9.59 Å². The van der Waals surface area contributed by atoms with E-state index >= 15 is 0 Å². The highest BCUT2D eigenvalue weighted by Crippen LogP contribution is 2.44. The van der Waals surface area contributed by atoms with E-state index in [1.165, 1.54) is 0 Å². The third kappa shape index (κ3) is 3.90. The van der Waals surface area contributed by atoms with Crippen molar-refractivity contribution in [1.29, 1.82) is 0 Å². The molecule has 126 valence electrons. The minimum Gasteiger partial charge on any atom is -0.480 e. The fourth-order valence-corrected chi connectivity index (χ4v) is 3.76. The highest BCUT2D eigenvalue weighted by atomic mass is 127. The molecule has 6 heteroatoms. The predicted molar refractivity (Wildman–Crippen MR) is 109 cm³/mol. The Morgan fingerprint density at radius 3 is 1.25 bits per heavy atom. The van der Waals surface area contributed by atoms with Crippen LogP contribution in [0.1, 0.15) is 24.0 Å². The maximum atomic E-state index is 11.9. The van der Waals surface area contributed by atoms with E-state index in [1.54, 1.807) is 48.5 Å². The number of carboxylic acids is 2. The van der Waals surface area contributed by atoms with Crippen LogP contribution in [0.5, 0.6) is 0 Å². The highest BCUT2D eigenvalue weighted by molar-refractivity contribution is 14.1. The summed E-state index contributed by atoms with van der Waals surface area (Å²) in [5.74, 6) is -1.93. The molecule has 2 aromatic carbocycles. The summed E-state index contributed by atoms with van der Waals surface area (Å²) in [6.45, 7) is 0. The van der Waals surface area contributed by atoms with Crippen molar-refractivity contribution in [1.82, 2.24) is 0 Å². The molecule has 0 fully saturated rings. The molecule has 0 aliphatic heterocycles. The zero-order valence-electron chi connectivity index (χ0n) is 12.7. The Bertz CT molecular complexity index is 657. The van der Waals surface area contributed by atoms with E-state index < -0.39 is 18.8 Å². The molecule has 0 amide bonds. The summed E-state index contributed by atoms with van der Waals surface area (Å²) >= 11 is 3.84. The van der Waals surface area contributed by atoms with Crippen molar-refractivity contribution in [2.24, 2.45) is 0 Å². The third-order valence-corrected chi connectivity index (χ3v) is 7.20. The zero-order valence-corrected chi connectivity index (χ0v) is 17.0. The Hall–Kier alpha value is -1.16. The monoisotopic (exact) mass is 550 g/mol. The number of hydrogen-bond acceptors (Lipinski definition) is 2. The SMILES string of the molecule is O=C(O)C(I)(CCC(I)(C(=O)O)c1ccccc1)c1ccccc1. The minimum absolute atomic E-state index is 0.205. The van der Waals surface area contributed by atoms with Gasteiger partial charge in [0, 0.05) is 0 Å². The Morgan fingerprint density at radius 2 is 1.00 bits per heavy atom. The molecule has 0 heterocycles. The van der Waals surface area contributed by atoms with Gasteiger partial charge in [0.05, 0.1) is 0 Å². The smallest absolute Gasteiger partial charge is 0.324 e. The highest BCUT2D eigenvalue weighted by Gasteiger charge is 2.44. The molecule has 2 rings (SSSR count). The first-order valence-corrected chi connectivity index (χ1v) is 9.42. The van der Waals surface area contributed by atoms with Crippen LogP contribution in [0.25, 0.3) is 0 Å². The van der Waals surface area contributed by atoms with Crippen molar-refractivity contribution < 1.29 is 19.8 Å². The first-order chi connectivity index (χ1) is 11.3. The Balaban J connectivity index is 2.34. The number of alkyl halides is 2. The number of carboxylic acid groups (broad SMARTS) is 2. The minimum atomic E-state index is -1.17. The van der Waals surface area contributed by atoms with Crippen LogP contribution in [0.15, 0.2) is 60.7 Å². The van der Waals surface area contributed by atoms with Crippen LogP contribution in [-0.2, 0) is 16.4 Å². The van der Waals surface area contributed by atoms with Gasteiger partial charge in [-0.2, -0.15) is 0 Å². The van der Waals surface area contributed by atoms with E-state index in [4.69, 9.17) is 0 Å². The molecule has 0 aliphatic rings. The molecule has 2 aromatic rings. The van der Waals surface area contributed by atoms with Gasteiger partial charge in [-0.15, -0.1) is 0 Å². The zero-order chi connectivity index (χ0) is 17.8. The van der Waals surface area contributed by atoms with Crippen LogP contribution in [0.2, 0.25) is 0 Å². The summed E-state index contributed by atoms with van der Waals surface area (Å²) in [5, 5.41) is 19.5. The van der Waals surface area contributed by atoms with Crippen molar-refractivity contribution in [3.8, 4) is 0 Å². The van der Waals surface area contributed by atoms with Gasteiger partial charge >= 0.3 is 11.9 Å². The summed E-state index contributed by atoms with van der Waals surface area (Å²) in [6, 6.07) is 17.9. The molecule has 2 N–H and O–H groups in total. The second-order valence-electron chi connectivity index (χ2n) is 5.44. The van der Waals surface area contributed by atoms with Gasteiger partial charge in [0.1, 0.15) is 6.84 Å². The first-order valence-electron chi connectivity index (χ1n) is 7.26. The summed E-state index contributed by atoms with van der Waals surface area (Å²) in [6.07, 6.45) is 0.411. The van der Waals surface area contributed by atoms with Gasteiger partial charge < -0.3 is 10.2 Å². The standard InChI is InChI=1S/C18H16I2O4/c19-17(15(21)22,13-7-3-1-4-8-13)11-12-18(20,16(23)24)14-9-5-2-6-10-14/h1-10H,11-12H2,(H,21,22)(H,23,24). The third-order valence-electron chi connectivity index (χ3n) is 3.95.